The molecule has 1 heterocycles. The number of rotatable bonds is 4. The summed E-state index contributed by atoms with van der Waals surface area (Å²) >= 11 is 0. The molecule has 0 atom stereocenters. The van der Waals surface area contributed by atoms with E-state index in [-0.39, 0.29) is 0 Å². The number of aromatic nitrogens is 3. The molecular formula is C8H13N5O6S. The average molecular weight is 307 g/mol. The van der Waals surface area contributed by atoms with Crippen molar-refractivity contribution in [3.8, 4) is 0 Å². The Hall–Kier alpha value is -2.21. The first-order chi connectivity index (χ1) is 9.10. The van der Waals surface area contributed by atoms with Gasteiger partial charge in [-0.1, -0.05) is 0 Å². The molecule has 3 N–H and O–H groups in total. The van der Waals surface area contributed by atoms with E-state index in [1.165, 1.54) is 0 Å². The van der Waals surface area contributed by atoms with Crippen LogP contribution in [0.3, 0.4) is 0 Å². The maximum Gasteiger partial charge on any atom is 0.336 e. The van der Waals surface area contributed by atoms with Crippen molar-refractivity contribution in [3.63, 3.8) is 0 Å². The van der Waals surface area contributed by atoms with Gasteiger partial charge in [0, 0.05) is 14.1 Å². The summed E-state index contributed by atoms with van der Waals surface area (Å²) < 4.78 is 24.9. The quantitative estimate of drug-likeness (QED) is 0.323. The van der Waals surface area contributed by atoms with Crippen molar-refractivity contribution in [2.75, 3.05) is 5.75 Å². The Balaban J connectivity index is 3.38. The third kappa shape index (κ3) is 3.03. The lowest BCUT2D eigenvalue weighted by Crippen LogP contribution is -2.53. The van der Waals surface area contributed by atoms with Crippen LogP contribution >= 0.6 is 0 Å². The fraction of sp³-hybridized carbons (Fsp3) is 0.500. The Morgan fingerprint density at radius 3 is 1.95 bits per heavy atom. The van der Waals surface area contributed by atoms with Gasteiger partial charge in [-0.25, -0.2) is 42.3 Å². The van der Waals surface area contributed by atoms with E-state index in [1.807, 2.05) is 0 Å². The van der Waals surface area contributed by atoms with Gasteiger partial charge < -0.3 is 0 Å². The van der Waals surface area contributed by atoms with Gasteiger partial charge in [-0.15, -0.1) is 0 Å². The molecule has 1 aromatic rings. The number of hydrogen-bond acceptors (Lipinski definition) is 7. The largest absolute Gasteiger partial charge is 0.336 e. The van der Waals surface area contributed by atoms with Crippen molar-refractivity contribution in [3.05, 3.63) is 31.5 Å². The Morgan fingerprint density at radius 2 is 1.55 bits per heavy atom. The third-order valence-corrected chi connectivity index (χ3v) is 3.80. The predicted octanol–water partition coefficient (Wildman–Crippen LogP) is -4.39. The molecule has 0 bridgehead atoms. The second kappa shape index (κ2) is 5.42. The lowest BCUT2D eigenvalue weighted by atomic mass is 10.8. The van der Waals surface area contributed by atoms with E-state index >= 15 is 0 Å². The van der Waals surface area contributed by atoms with Gasteiger partial charge in [0.05, 0.1) is 0 Å². The second-order valence-corrected chi connectivity index (χ2v) is 6.01. The molecule has 0 aliphatic carbocycles. The van der Waals surface area contributed by atoms with E-state index in [2.05, 4.69) is 0 Å². The minimum Gasteiger partial charge on any atom is -0.293 e. The van der Waals surface area contributed by atoms with Gasteiger partial charge in [0.15, 0.2) is 9.84 Å². The minimum atomic E-state index is -4.10. The third-order valence-electron chi connectivity index (χ3n) is 2.45. The van der Waals surface area contributed by atoms with Crippen LogP contribution < -0.4 is 28.3 Å². The van der Waals surface area contributed by atoms with Crippen LogP contribution in [0.25, 0.3) is 0 Å². The van der Waals surface area contributed by atoms with Crippen molar-refractivity contribution in [2.45, 2.75) is 5.88 Å². The topological polar surface area (TPSA) is 155 Å². The standard InChI is InChI=1S/C8H13N5O6S/c1-11-6(15)12(2)8(17)13(7(11)16)4-20(18,19)3-5(14)10-9/h3-4,9H2,1-2H3,(H,10,14). The molecule has 0 saturated carbocycles. The molecule has 0 unspecified atom stereocenters. The lowest BCUT2D eigenvalue weighted by molar-refractivity contribution is -0.118. The predicted molar refractivity (Wildman–Crippen MR) is 67.3 cm³/mol. The van der Waals surface area contributed by atoms with Crippen molar-refractivity contribution >= 4 is 15.7 Å². The highest BCUT2D eigenvalue weighted by atomic mass is 32.2. The lowest BCUT2D eigenvalue weighted by Gasteiger charge is -2.09. The molecule has 20 heavy (non-hydrogen) atoms. The summed E-state index contributed by atoms with van der Waals surface area (Å²) in [5.41, 5.74) is -1.43. The van der Waals surface area contributed by atoms with Gasteiger partial charge in [-0.2, -0.15) is 0 Å². The van der Waals surface area contributed by atoms with Gasteiger partial charge >= 0.3 is 17.1 Å². The summed E-state index contributed by atoms with van der Waals surface area (Å²) in [6.07, 6.45) is 0. The number of nitrogens with zero attached hydrogens (tertiary/aromatic N) is 3. The summed E-state index contributed by atoms with van der Waals surface area (Å²) in [4.78, 5) is 45.8. The van der Waals surface area contributed by atoms with Crippen LogP contribution in [0.1, 0.15) is 0 Å². The number of carbonyl (C=O) groups excluding carboxylic acids is 1. The molecule has 0 saturated heterocycles. The number of sulfone groups is 1. The van der Waals surface area contributed by atoms with Crippen LogP contribution in [0.15, 0.2) is 14.4 Å². The SMILES string of the molecule is Cn1c(=O)n(C)c(=O)n(CS(=O)(=O)CC(=O)NN)c1=O. The van der Waals surface area contributed by atoms with E-state index in [1.54, 1.807) is 5.43 Å². The van der Waals surface area contributed by atoms with Crippen molar-refractivity contribution in [2.24, 2.45) is 19.9 Å². The van der Waals surface area contributed by atoms with Crippen LogP contribution in [0.4, 0.5) is 0 Å². The highest BCUT2D eigenvalue weighted by Gasteiger charge is 2.21. The fourth-order valence-electron chi connectivity index (χ4n) is 1.43. The minimum absolute atomic E-state index is 0.348. The summed E-state index contributed by atoms with van der Waals surface area (Å²) in [6.45, 7) is 0. The van der Waals surface area contributed by atoms with Crippen LogP contribution in [0.5, 0.6) is 0 Å². The van der Waals surface area contributed by atoms with Crippen molar-refractivity contribution in [1.82, 2.24) is 19.1 Å². The molecule has 0 fully saturated rings. The maximum atomic E-state index is 11.7. The normalized spacial score (nSPS) is 11.3. The Morgan fingerprint density at radius 1 is 1.10 bits per heavy atom. The number of hydrogen-bond donors (Lipinski definition) is 2. The zero-order chi connectivity index (χ0) is 15.7. The van der Waals surface area contributed by atoms with E-state index in [0.717, 1.165) is 14.1 Å². The number of nitrogens with two attached hydrogens (primary N) is 1. The fourth-order valence-corrected chi connectivity index (χ4v) is 2.62. The monoisotopic (exact) mass is 307 g/mol. The molecule has 12 heteroatoms. The highest BCUT2D eigenvalue weighted by Crippen LogP contribution is 1.91. The Labute approximate surface area is 112 Å². The molecule has 1 rings (SSSR count). The summed E-state index contributed by atoms with van der Waals surface area (Å²) in [7, 11) is -1.90. The van der Waals surface area contributed by atoms with E-state index in [0.29, 0.717) is 13.7 Å². The summed E-state index contributed by atoms with van der Waals surface area (Å²) in [5, 5.41) is 0. The number of amides is 1. The van der Waals surface area contributed by atoms with Crippen LogP contribution in [0.2, 0.25) is 0 Å². The van der Waals surface area contributed by atoms with E-state index in [9.17, 15) is 27.6 Å². The molecule has 1 aromatic heterocycles. The van der Waals surface area contributed by atoms with Crippen LogP contribution in [-0.2, 0) is 34.6 Å². The highest BCUT2D eigenvalue weighted by molar-refractivity contribution is 7.91. The number of carbonyl (C=O) groups is 1. The van der Waals surface area contributed by atoms with Gasteiger partial charge in [0.2, 0.25) is 5.91 Å². The smallest absolute Gasteiger partial charge is 0.293 e. The van der Waals surface area contributed by atoms with Gasteiger partial charge in [0.25, 0.3) is 0 Å². The zero-order valence-corrected chi connectivity index (χ0v) is 11.5. The molecule has 0 aliphatic heterocycles. The molecular weight excluding hydrogens is 294 g/mol. The maximum absolute atomic E-state index is 11.7. The first-order valence-electron chi connectivity index (χ1n) is 5.17. The molecule has 0 spiro atoms. The van der Waals surface area contributed by atoms with Crippen LogP contribution in [0, 0.1) is 0 Å². The first kappa shape index (κ1) is 15.8. The average Bonchev–Trinajstić information content (AvgIpc) is 2.38. The van der Waals surface area contributed by atoms with Crippen molar-refractivity contribution in [1.29, 1.82) is 0 Å². The number of nitrogens with one attached hydrogen (secondary N) is 1. The van der Waals surface area contributed by atoms with Gasteiger partial charge in [-0.05, 0) is 0 Å². The molecule has 0 aromatic carbocycles. The van der Waals surface area contributed by atoms with Gasteiger partial charge in [-0.3, -0.25) is 10.2 Å². The molecule has 0 radical (unpaired) electrons. The summed E-state index contributed by atoms with van der Waals surface area (Å²) in [5.74, 6) is 1.76. The Bertz CT molecular complexity index is 773. The number of hydrazine groups is 1. The zero-order valence-electron chi connectivity index (χ0n) is 10.7. The molecule has 112 valence electrons. The summed E-state index contributed by atoms with van der Waals surface area (Å²) in [6, 6.07) is 0. The van der Waals surface area contributed by atoms with Crippen LogP contribution in [-0.4, -0.2) is 33.8 Å². The molecule has 11 nitrogen and oxygen atoms in total. The van der Waals surface area contributed by atoms with Gasteiger partial charge in [0.1, 0.15) is 11.6 Å². The first-order valence-corrected chi connectivity index (χ1v) is 6.99. The Kier molecular flexibility index (Phi) is 4.29. The van der Waals surface area contributed by atoms with E-state index in [4.69, 9.17) is 5.84 Å². The molecule has 1 amide bonds. The van der Waals surface area contributed by atoms with E-state index < -0.39 is 44.4 Å². The van der Waals surface area contributed by atoms with Crippen molar-refractivity contribution < 1.29 is 13.2 Å². The molecule has 0 aliphatic rings. The second-order valence-electron chi connectivity index (χ2n) is 3.98.